The molecule has 0 bridgehead atoms. The molecule has 0 spiro atoms. The molecular formula is C7H13F3. The Kier molecular flexibility index (Phi) is 5.45. The number of rotatable bonds is 5. The zero-order valence-corrected chi connectivity index (χ0v) is 6.12. The van der Waals surface area contributed by atoms with Gasteiger partial charge in [0.2, 0.25) is 0 Å². The molecule has 62 valence electrons. The average Bonchev–Trinajstić information content (AvgIpc) is 1.88. The second-order valence-corrected chi connectivity index (χ2v) is 2.35. The summed E-state index contributed by atoms with van der Waals surface area (Å²) < 4.78 is 35.1. The number of halogens is 3. The van der Waals surface area contributed by atoms with Crippen molar-refractivity contribution in [2.75, 3.05) is 0 Å². The third-order valence-corrected chi connectivity index (χ3v) is 1.36. The molecule has 0 aliphatic rings. The first-order valence-corrected chi connectivity index (χ1v) is 3.60. The molecule has 0 N–H and O–H groups in total. The highest BCUT2D eigenvalue weighted by Gasteiger charge is 2.17. The minimum absolute atomic E-state index is 0.00546. The standard InChI is InChI=1S/C7H13F3/c1-2-3-4-5-6(8)7(9)10/h6-7H,2-5H2,1H3. The van der Waals surface area contributed by atoms with Crippen LogP contribution in [-0.2, 0) is 0 Å². The zero-order valence-electron chi connectivity index (χ0n) is 6.12. The lowest BCUT2D eigenvalue weighted by Crippen LogP contribution is -2.11. The van der Waals surface area contributed by atoms with Gasteiger partial charge >= 0.3 is 0 Å². The van der Waals surface area contributed by atoms with Crippen LogP contribution in [0.15, 0.2) is 0 Å². The van der Waals surface area contributed by atoms with E-state index >= 15 is 0 Å². The van der Waals surface area contributed by atoms with Crippen LogP contribution >= 0.6 is 0 Å². The molecule has 1 unspecified atom stereocenters. The SMILES string of the molecule is CCCCCC(F)C(F)F. The first-order valence-electron chi connectivity index (χ1n) is 3.60. The maximum absolute atomic E-state index is 12.1. The zero-order chi connectivity index (χ0) is 7.98. The van der Waals surface area contributed by atoms with Crippen molar-refractivity contribution < 1.29 is 13.2 Å². The van der Waals surface area contributed by atoms with E-state index in [-0.39, 0.29) is 6.42 Å². The van der Waals surface area contributed by atoms with Gasteiger partial charge in [-0.25, -0.2) is 13.2 Å². The predicted molar refractivity (Wildman–Crippen MR) is 35.0 cm³/mol. The fourth-order valence-corrected chi connectivity index (χ4v) is 0.715. The molecular weight excluding hydrogens is 141 g/mol. The Morgan fingerprint density at radius 1 is 1.10 bits per heavy atom. The lowest BCUT2D eigenvalue weighted by Gasteiger charge is -2.04. The van der Waals surface area contributed by atoms with Gasteiger partial charge in [0.05, 0.1) is 0 Å². The topological polar surface area (TPSA) is 0 Å². The summed E-state index contributed by atoms with van der Waals surface area (Å²) >= 11 is 0. The molecule has 0 aromatic heterocycles. The Morgan fingerprint density at radius 3 is 2.10 bits per heavy atom. The largest absolute Gasteiger partial charge is 0.269 e. The molecule has 0 amide bonds. The number of alkyl halides is 3. The third kappa shape index (κ3) is 4.65. The summed E-state index contributed by atoms with van der Waals surface area (Å²) in [5, 5.41) is 0. The van der Waals surface area contributed by atoms with Gasteiger partial charge in [0.25, 0.3) is 6.43 Å². The van der Waals surface area contributed by atoms with E-state index in [4.69, 9.17) is 0 Å². The minimum Gasteiger partial charge on any atom is -0.241 e. The molecule has 0 aromatic carbocycles. The quantitative estimate of drug-likeness (QED) is 0.533. The Hall–Kier alpha value is -0.210. The van der Waals surface area contributed by atoms with E-state index < -0.39 is 12.6 Å². The average molecular weight is 154 g/mol. The van der Waals surface area contributed by atoms with Gasteiger partial charge in [0, 0.05) is 0 Å². The molecule has 0 saturated heterocycles. The van der Waals surface area contributed by atoms with Crippen molar-refractivity contribution in [2.24, 2.45) is 0 Å². The Bertz CT molecular complexity index is 73.3. The van der Waals surface area contributed by atoms with Crippen LogP contribution in [0.5, 0.6) is 0 Å². The maximum Gasteiger partial charge on any atom is 0.269 e. The lowest BCUT2D eigenvalue weighted by molar-refractivity contribution is 0.0441. The highest BCUT2D eigenvalue weighted by molar-refractivity contribution is 4.57. The van der Waals surface area contributed by atoms with Crippen LogP contribution < -0.4 is 0 Å². The summed E-state index contributed by atoms with van der Waals surface area (Å²) in [4.78, 5) is 0. The van der Waals surface area contributed by atoms with Gasteiger partial charge in [-0.2, -0.15) is 0 Å². The Morgan fingerprint density at radius 2 is 1.70 bits per heavy atom. The second kappa shape index (κ2) is 5.57. The molecule has 0 heterocycles. The fraction of sp³-hybridized carbons (Fsp3) is 1.00. The van der Waals surface area contributed by atoms with Crippen LogP contribution in [0.4, 0.5) is 13.2 Å². The summed E-state index contributed by atoms with van der Waals surface area (Å²) in [6.07, 6.45) is -2.35. The van der Waals surface area contributed by atoms with Crippen molar-refractivity contribution in [1.29, 1.82) is 0 Å². The van der Waals surface area contributed by atoms with E-state index in [1.54, 1.807) is 0 Å². The highest BCUT2D eigenvalue weighted by atomic mass is 19.3. The minimum atomic E-state index is -2.79. The molecule has 0 aliphatic heterocycles. The summed E-state index contributed by atoms with van der Waals surface area (Å²) in [5.74, 6) is 0. The van der Waals surface area contributed by atoms with E-state index in [0.717, 1.165) is 12.8 Å². The molecule has 0 nitrogen and oxygen atoms in total. The van der Waals surface area contributed by atoms with Crippen molar-refractivity contribution >= 4 is 0 Å². The number of hydrogen-bond donors (Lipinski definition) is 0. The molecule has 0 radical (unpaired) electrons. The first kappa shape index (κ1) is 9.79. The van der Waals surface area contributed by atoms with Crippen LogP contribution in [0, 0.1) is 0 Å². The van der Waals surface area contributed by atoms with Crippen molar-refractivity contribution in [2.45, 2.75) is 45.2 Å². The smallest absolute Gasteiger partial charge is 0.241 e. The first-order chi connectivity index (χ1) is 4.68. The van der Waals surface area contributed by atoms with Crippen molar-refractivity contribution in [3.63, 3.8) is 0 Å². The van der Waals surface area contributed by atoms with Gasteiger partial charge in [-0.1, -0.05) is 26.2 Å². The van der Waals surface area contributed by atoms with Gasteiger partial charge in [-0.3, -0.25) is 0 Å². The fourth-order valence-electron chi connectivity index (χ4n) is 0.715. The summed E-state index contributed by atoms with van der Waals surface area (Å²) in [5.41, 5.74) is 0. The van der Waals surface area contributed by atoms with Crippen LogP contribution in [0.2, 0.25) is 0 Å². The Labute approximate surface area is 59.4 Å². The molecule has 1 atom stereocenters. The van der Waals surface area contributed by atoms with Gasteiger partial charge in [-0.15, -0.1) is 0 Å². The summed E-state index contributed by atoms with van der Waals surface area (Å²) in [7, 11) is 0. The van der Waals surface area contributed by atoms with E-state index in [2.05, 4.69) is 0 Å². The molecule has 10 heavy (non-hydrogen) atoms. The van der Waals surface area contributed by atoms with Gasteiger partial charge in [0.1, 0.15) is 0 Å². The molecule has 0 aromatic rings. The van der Waals surface area contributed by atoms with E-state index in [1.165, 1.54) is 0 Å². The Balaban J connectivity index is 3.13. The van der Waals surface area contributed by atoms with Crippen LogP contribution in [0.3, 0.4) is 0 Å². The molecule has 0 rings (SSSR count). The maximum atomic E-state index is 12.1. The van der Waals surface area contributed by atoms with E-state index in [1.807, 2.05) is 6.92 Å². The van der Waals surface area contributed by atoms with Crippen molar-refractivity contribution in [3.8, 4) is 0 Å². The van der Waals surface area contributed by atoms with Crippen LogP contribution in [0.25, 0.3) is 0 Å². The lowest BCUT2D eigenvalue weighted by atomic mass is 10.1. The number of hydrogen-bond acceptors (Lipinski definition) is 0. The summed E-state index contributed by atoms with van der Waals surface area (Å²) in [6, 6.07) is 0. The van der Waals surface area contributed by atoms with Crippen molar-refractivity contribution in [3.05, 3.63) is 0 Å². The second-order valence-electron chi connectivity index (χ2n) is 2.35. The number of unbranched alkanes of at least 4 members (excludes halogenated alkanes) is 2. The predicted octanol–water partition coefficient (Wildman–Crippen LogP) is 3.17. The van der Waals surface area contributed by atoms with E-state index in [0.29, 0.717) is 6.42 Å². The molecule has 0 saturated carbocycles. The van der Waals surface area contributed by atoms with Crippen molar-refractivity contribution in [1.82, 2.24) is 0 Å². The molecule has 3 heteroatoms. The molecule has 0 fully saturated rings. The van der Waals surface area contributed by atoms with Gasteiger partial charge in [0.15, 0.2) is 6.17 Å². The van der Waals surface area contributed by atoms with Gasteiger partial charge < -0.3 is 0 Å². The normalized spacial score (nSPS) is 14.1. The van der Waals surface area contributed by atoms with E-state index in [9.17, 15) is 13.2 Å². The summed E-state index contributed by atoms with van der Waals surface area (Å²) in [6.45, 7) is 1.95. The highest BCUT2D eigenvalue weighted by Crippen LogP contribution is 2.13. The van der Waals surface area contributed by atoms with Crippen LogP contribution in [0.1, 0.15) is 32.6 Å². The monoisotopic (exact) mass is 154 g/mol. The van der Waals surface area contributed by atoms with Crippen LogP contribution in [-0.4, -0.2) is 12.6 Å². The van der Waals surface area contributed by atoms with Gasteiger partial charge in [-0.05, 0) is 6.42 Å². The third-order valence-electron chi connectivity index (χ3n) is 1.36. The molecule has 0 aliphatic carbocycles.